The van der Waals surface area contributed by atoms with Gasteiger partial charge in [0.2, 0.25) is 5.82 Å². The van der Waals surface area contributed by atoms with Gasteiger partial charge in [0.25, 0.3) is 5.89 Å². The summed E-state index contributed by atoms with van der Waals surface area (Å²) in [6, 6.07) is 18.5. The van der Waals surface area contributed by atoms with Crippen molar-refractivity contribution >= 4 is 5.97 Å². The van der Waals surface area contributed by atoms with Crippen LogP contribution in [0.5, 0.6) is 0 Å². The van der Waals surface area contributed by atoms with Gasteiger partial charge in [0.05, 0.1) is 16.9 Å². The number of carbonyl (C=O) groups is 1. The molecule has 28 heavy (non-hydrogen) atoms. The molecule has 0 atom stereocenters. The maximum Gasteiger partial charge on any atom is 0.338 e. The average Bonchev–Trinajstić information content (AvgIpc) is 3.33. The van der Waals surface area contributed by atoms with Crippen molar-refractivity contribution in [2.75, 3.05) is 0 Å². The van der Waals surface area contributed by atoms with E-state index in [4.69, 9.17) is 9.26 Å². The van der Waals surface area contributed by atoms with Gasteiger partial charge in [0, 0.05) is 11.3 Å². The Morgan fingerprint density at radius 3 is 2.50 bits per heavy atom. The highest BCUT2D eigenvalue weighted by Gasteiger charge is 2.13. The summed E-state index contributed by atoms with van der Waals surface area (Å²) in [4.78, 5) is 16.5. The molecule has 0 bridgehead atoms. The van der Waals surface area contributed by atoms with E-state index in [1.165, 1.54) is 0 Å². The molecule has 0 N–H and O–H groups in total. The summed E-state index contributed by atoms with van der Waals surface area (Å²) in [6.45, 7) is 3.84. The second-order valence-electron chi connectivity index (χ2n) is 6.34. The van der Waals surface area contributed by atoms with Crippen molar-refractivity contribution in [1.29, 1.82) is 0 Å². The fourth-order valence-corrected chi connectivity index (χ4v) is 2.86. The van der Waals surface area contributed by atoms with E-state index in [0.717, 1.165) is 22.6 Å². The molecule has 7 heteroatoms. The molecule has 0 aliphatic rings. The third-order valence-electron chi connectivity index (χ3n) is 4.18. The first-order chi connectivity index (χ1) is 13.6. The minimum atomic E-state index is -0.459. The zero-order valence-electron chi connectivity index (χ0n) is 15.5. The van der Waals surface area contributed by atoms with E-state index in [-0.39, 0.29) is 12.5 Å². The minimum absolute atomic E-state index is 0.0854. The summed E-state index contributed by atoms with van der Waals surface area (Å²) in [5.41, 5.74) is 4.12. The van der Waals surface area contributed by atoms with E-state index in [1.54, 1.807) is 12.1 Å². The van der Waals surface area contributed by atoms with Crippen LogP contribution in [0.4, 0.5) is 0 Å². The first-order valence-corrected chi connectivity index (χ1v) is 8.79. The molecule has 4 aromatic rings. The van der Waals surface area contributed by atoms with E-state index in [1.807, 2.05) is 67.1 Å². The Bertz CT molecular complexity index is 1100. The van der Waals surface area contributed by atoms with E-state index in [0.29, 0.717) is 11.4 Å². The van der Waals surface area contributed by atoms with Gasteiger partial charge in [-0.25, -0.2) is 9.48 Å². The molecule has 4 rings (SSSR count). The number of rotatable bonds is 5. The lowest BCUT2D eigenvalue weighted by Crippen LogP contribution is -2.06. The molecule has 0 radical (unpaired) electrons. The predicted molar refractivity (Wildman–Crippen MR) is 102 cm³/mol. The van der Waals surface area contributed by atoms with Crippen LogP contribution in [-0.4, -0.2) is 25.9 Å². The number of aromatic nitrogens is 4. The Labute approximate surface area is 161 Å². The third-order valence-corrected chi connectivity index (χ3v) is 4.18. The Morgan fingerprint density at radius 2 is 1.82 bits per heavy atom. The van der Waals surface area contributed by atoms with Gasteiger partial charge in [0.1, 0.15) is 0 Å². The smallest absolute Gasteiger partial charge is 0.338 e. The molecule has 2 aromatic carbocycles. The highest BCUT2D eigenvalue weighted by molar-refractivity contribution is 5.89. The van der Waals surface area contributed by atoms with Crippen LogP contribution in [0, 0.1) is 13.8 Å². The van der Waals surface area contributed by atoms with Crippen molar-refractivity contribution in [3.8, 4) is 17.1 Å². The summed E-state index contributed by atoms with van der Waals surface area (Å²) in [5.74, 6) is 0.242. The zero-order chi connectivity index (χ0) is 19.5. The van der Waals surface area contributed by atoms with Gasteiger partial charge in [0.15, 0.2) is 6.61 Å². The number of hydrogen-bond donors (Lipinski definition) is 0. The lowest BCUT2D eigenvalue weighted by atomic mass is 10.2. The average molecular weight is 374 g/mol. The quantitative estimate of drug-likeness (QED) is 0.493. The molecule has 0 aliphatic heterocycles. The maximum atomic E-state index is 12.3. The van der Waals surface area contributed by atoms with Crippen molar-refractivity contribution in [3.63, 3.8) is 0 Å². The standard InChI is InChI=1S/C21H18N4O3/c1-14-12-15(2)25(23-14)18-10-8-17(9-11-18)21(26)27-13-19-22-20(24-28-19)16-6-4-3-5-7-16/h3-12H,13H2,1-2H3. The molecule has 2 aromatic heterocycles. The second-order valence-corrected chi connectivity index (χ2v) is 6.34. The molecule has 0 saturated carbocycles. The van der Waals surface area contributed by atoms with Gasteiger partial charge in [-0.15, -0.1) is 0 Å². The van der Waals surface area contributed by atoms with Crippen LogP contribution < -0.4 is 0 Å². The van der Waals surface area contributed by atoms with Gasteiger partial charge in [-0.3, -0.25) is 0 Å². The SMILES string of the molecule is Cc1cc(C)n(-c2ccc(C(=O)OCc3nc(-c4ccccc4)no3)cc2)n1. The van der Waals surface area contributed by atoms with Crippen LogP contribution >= 0.6 is 0 Å². The van der Waals surface area contributed by atoms with Gasteiger partial charge in [-0.05, 0) is 44.2 Å². The first kappa shape index (κ1) is 17.7. The normalized spacial score (nSPS) is 10.8. The van der Waals surface area contributed by atoms with Crippen molar-refractivity contribution in [2.45, 2.75) is 20.5 Å². The molecule has 0 aliphatic carbocycles. The summed E-state index contributed by atoms with van der Waals surface area (Å²) in [6.07, 6.45) is 0. The number of benzene rings is 2. The van der Waals surface area contributed by atoms with Crippen molar-refractivity contribution in [1.82, 2.24) is 19.9 Å². The van der Waals surface area contributed by atoms with Crippen LogP contribution in [0.15, 0.2) is 65.2 Å². The fraction of sp³-hybridized carbons (Fsp3) is 0.143. The molecule has 0 saturated heterocycles. The van der Waals surface area contributed by atoms with E-state index in [2.05, 4.69) is 15.2 Å². The van der Waals surface area contributed by atoms with Crippen LogP contribution in [-0.2, 0) is 11.3 Å². The summed E-state index contributed by atoms with van der Waals surface area (Å²) in [5, 5.41) is 8.34. The van der Waals surface area contributed by atoms with Crippen molar-refractivity contribution < 1.29 is 14.1 Å². The Balaban J connectivity index is 1.40. The van der Waals surface area contributed by atoms with Gasteiger partial charge in [-0.1, -0.05) is 35.5 Å². The molecule has 0 spiro atoms. The molecule has 0 fully saturated rings. The highest BCUT2D eigenvalue weighted by atomic mass is 16.6. The number of ether oxygens (including phenoxy) is 1. The number of aryl methyl sites for hydroxylation is 2. The van der Waals surface area contributed by atoms with Crippen LogP contribution in [0.1, 0.15) is 27.6 Å². The largest absolute Gasteiger partial charge is 0.452 e. The molecule has 140 valence electrons. The summed E-state index contributed by atoms with van der Waals surface area (Å²) < 4.78 is 12.3. The molecule has 7 nitrogen and oxygen atoms in total. The fourth-order valence-electron chi connectivity index (χ4n) is 2.86. The molecule has 0 amide bonds. The Hall–Kier alpha value is -3.74. The van der Waals surface area contributed by atoms with E-state index in [9.17, 15) is 4.79 Å². The second kappa shape index (κ2) is 7.48. The highest BCUT2D eigenvalue weighted by Crippen LogP contribution is 2.16. The monoisotopic (exact) mass is 374 g/mol. The molecule has 2 heterocycles. The molecular weight excluding hydrogens is 356 g/mol. The van der Waals surface area contributed by atoms with Gasteiger partial charge < -0.3 is 9.26 Å². The number of esters is 1. The van der Waals surface area contributed by atoms with Crippen molar-refractivity contribution in [3.05, 3.63) is 83.5 Å². The van der Waals surface area contributed by atoms with Gasteiger partial charge >= 0.3 is 5.97 Å². The Kier molecular flexibility index (Phi) is 4.72. The van der Waals surface area contributed by atoms with Crippen molar-refractivity contribution in [2.24, 2.45) is 0 Å². The summed E-state index contributed by atoms with van der Waals surface area (Å²) in [7, 11) is 0. The maximum absolute atomic E-state index is 12.3. The third kappa shape index (κ3) is 3.68. The zero-order valence-corrected chi connectivity index (χ0v) is 15.5. The molecule has 0 unspecified atom stereocenters. The minimum Gasteiger partial charge on any atom is -0.452 e. The Morgan fingerprint density at radius 1 is 1.07 bits per heavy atom. The van der Waals surface area contributed by atoms with E-state index >= 15 is 0 Å². The topological polar surface area (TPSA) is 83.0 Å². The predicted octanol–water partition coefficient (Wildman–Crippen LogP) is 3.90. The van der Waals surface area contributed by atoms with Crippen LogP contribution in [0.25, 0.3) is 17.1 Å². The number of hydrogen-bond acceptors (Lipinski definition) is 6. The number of carbonyl (C=O) groups excluding carboxylic acids is 1. The number of nitrogens with zero attached hydrogens (tertiary/aromatic N) is 4. The lowest BCUT2D eigenvalue weighted by molar-refractivity contribution is 0.0430. The molecular formula is C21H18N4O3. The first-order valence-electron chi connectivity index (χ1n) is 8.79. The van der Waals surface area contributed by atoms with Gasteiger partial charge in [-0.2, -0.15) is 10.1 Å². The summed E-state index contributed by atoms with van der Waals surface area (Å²) >= 11 is 0. The van der Waals surface area contributed by atoms with Crippen LogP contribution in [0.3, 0.4) is 0 Å². The van der Waals surface area contributed by atoms with Crippen LogP contribution in [0.2, 0.25) is 0 Å². The lowest BCUT2D eigenvalue weighted by Gasteiger charge is -2.06. The van der Waals surface area contributed by atoms with E-state index < -0.39 is 5.97 Å².